The van der Waals surface area contributed by atoms with E-state index in [0.717, 1.165) is 6.42 Å². The lowest BCUT2D eigenvalue weighted by Gasteiger charge is -2.16. The predicted molar refractivity (Wildman–Crippen MR) is 80.6 cm³/mol. The van der Waals surface area contributed by atoms with Crippen LogP contribution in [0.5, 0.6) is 0 Å². The molecule has 2 aromatic carbocycles. The lowest BCUT2D eigenvalue weighted by Crippen LogP contribution is -2.08. The van der Waals surface area contributed by atoms with E-state index < -0.39 is 0 Å². The van der Waals surface area contributed by atoms with Crippen LogP contribution >= 0.6 is 0 Å². The third-order valence-electron chi connectivity index (χ3n) is 3.53. The van der Waals surface area contributed by atoms with Crippen molar-refractivity contribution in [1.29, 1.82) is 0 Å². The van der Waals surface area contributed by atoms with E-state index in [2.05, 4.69) is 63.2 Å². The number of aliphatic hydroxyl groups excluding tert-OH is 1. The number of benzene rings is 2. The highest BCUT2D eigenvalue weighted by Crippen LogP contribution is 2.22. The maximum absolute atomic E-state index is 9.65. The fourth-order valence-corrected chi connectivity index (χ4v) is 2.60. The minimum absolute atomic E-state index is 0.182. The monoisotopic (exact) mass is 254 g/mol. The van der Waals surface area contributed by atoms with Crippen LogP contribution in [0.2, 0.25) is 0 Å². The Balaban J connectivity index is 2.21. The Hall–Kier alpha value is -1.60. The molecular weight excluding hydrogens is 232 g/mol. The number of aryl methyl sites for hydroxylation is 3. The molecule has 0 aliphatic rings. The third-order valence-corrected chi connectivity index (χ3v) is 3.53. The van der Waals surface area contributed by atoms with Gasteiger partial charge in [-0.05, 0) is 38.3 Å². The average Bonchev–Trinajstić information content (AvgIpc) is 2.36. The molecular formula is C18H22O. The van der Waals surface area contributed by atoms with Crippen molar-refractivity contribution in [2.45, 2.75) is 33.1 Å². The number of aliphatic hydroxyl groups is 1. The summed E-state index contributed by atoms with van der Waals surface area (Å²) in [6, 6.07) is 15.1. The smallest absolute Gasteiger partial charge is 0.0502 e. The van der Waals surface area contributed by atoms with E-state index in [1.807, 2.05) is 0 Å². The largest absolute Gasteiger partial charge is 0.396 e. The summed E-state index contributed by atoms with van der Waals surface area (Å²) in [4.78, 5) is 0. The second-order valence-corrected chi connectivity index (χ2v) is 5.49. The molecule has 0 spiro atoms. The highest BCUT2D eigenvalue weighted by molar-refractivity contribution is 5.31. The van der Waals surface area contributed by atoms with Crippen LogP contribution in [0.15, 0.2) is 42.5 Å². The van der Waals surface area contributed by atoms with E-state index in [4.69, 9.17) is 0 Å². The predicted octanol–water partition coefficient (Wildman–Crippen LogP) is 3.93. The van der Waals surface area contributed by atoms with Crippen LogP contribution in [0.25, 0.3) is 0 Å². The van der Waals surface area contributed by atoms with Gasteiger partial charge >= 0.3 is 0 Å². The Morgan fingerprint density at radius 3 is 1.95 bits per heavy atom. The zero-order valence-corrected chi connectivity index (χ0v) is 12.0. The van der Waals surface area contributed by atoms with Crippen LogP contribution < -0.4 is 0 Å². The molecule has 0 aliphatic carbocycles. The van der Waals surface area contributed by atoms with Gasteiger partial charge in [-0.2, -0.15) is 0 Å². The molecule has 0 aromatic heterocycles. The van der Waals surface area contributed by atoms with Gasteiger partial charge in [0.2, 0.25) is 0 Å². The zero-order valence-electron chi connectivity index (χ0n) is 12.0. The summed E-state index contributed by atoms with van der Waals surface area (Å²) >= 11 is 0. The summed E-state index contributed by atoms with van der Waals surface area (Å²) in [5.74, 6) is 0.182. The first-order valence-corrected chi connectivity index (χ1v) is 6.83. The molecule has 0 heterocycles. The lowest BCUT2D eigenvalue weighted by atomic mass is 9.91. The van der Waals surface area contributed by atoms with E-state index in [-0.39, 0.29) is 12.5 Å². The summed E-state index contributed by atoms with van der Waals surface area (Å²) in [5, 5.41) is 9.65. The Kier molecular flexibility index (Phi) is 4.39. The van der Waals surface area contributed by atoms with Crippen molar-refractivity contribution in [1.82, 2.24) is 0 Å². The van der Waals surface area contributed by atoms with Crippen molar-refractivity contribution in [3.8, 4) is 0 Å². The second kappa shape index (κ2) is 6.03. The molecule has 0 aliphatic heterocycles. The van der Waals surface area contributed by atoms with Gasteiger partial charge in [0, 0.05) is 5.92 Å². The molecule has 0 saturated carbocycles. The summed E-state index contributed by atoms with van der Waals surface area (Å²) in [6.07, 6.45) is 0.891. The summed E-state index contributed by atoms with van der Waals surface area (Å²) in [7, 11) is 0. The van der Waals surface area contributed by atoms with Crippen LogP contribution in [0.4, 0.5) is 0 Å². The van der Waals surface area contributed by atoms with Gasteiger partial charge in [-0.15, -0.1) is 0 Å². The molecule has 19 heavy (non-hydrogen) atoms. The van der Waals surface area contributed by atoms with Crippen molar-refractivity contribution in [2.24, 2.45) is 0 Å². The van der Waals surface area contributed by atoms with Crippen LogP contribution in [0.3, 0.4) is 0 Å². The standard InChI is InChI=1S/C18H22O/c1-13-4-6-17(7-5-13)18(12-19)11-16-9-14(2)8-15(3)10-16/h4-10,18-19H,11-12H2,1-3H3. The number of rotatable bonds is 4. The van der Waals surface area contributed by atoms with Gasteiger partial charge < -0.3 is 5.11 Å². The van der Waals surface area contributed by atoms with E-state index in [1.54, 1.807) is 0 Å². The number of hydrogen-bond donors (Lipinski definition) is 1. The lowest BCUT2D eigenvalue weighted by molar-refractivity contribution is 0.264. The van der Waals surface area contributed by atoms with Gasteiger partial charge in [0.05, 0.1) is 6.61 Å². The van der Waals surface area contributed by atoms with Gasteiger partial charge in [0.25, 0.3) is 0 Å². The molecule has 1 nitrogen and oxygen atoms in total. The first kappa shape index (κ1) is 13.8. The van der Waals surface area contributed by atoms with Crippen LogP contribution in [0, 0.1) is 20.8 Å². The van der Waals surface area contributed by atoms with E-state index in [1.165, 1.54) is 27.8 Å². The Morgan fingerprint density at radius 2 is 1.42 bits per heavy atom. The molecule has 0 radical (unpaired) electrons. The molecule has 0 amide bonds. The molecule has 2 aromatic rings. The average molecular weight is 254 g/mol. The molecule has 100 valence electrons. The Labute approximate surface area is 115 Å². The van der Waals surface area contributed by atoms with Gasteiger partial charge in [0.1, 0.15) is 0 Å². The molecule has 1 N–H and O–H groups in total. The van der Waals surface area contributed by atoms with E-state index >= 15 is 0 Å². The molecule has 0 bridgehead atoms. The van der Waals surface area contributed by atoms with Crippen molar-refractivity contribution in [2.75, 3.05) is 6.61 Å². The minimum Gasteiger partial charge on any atom is -0.396 e. The topological polar surface area (TPSA) is 20.2 Å². The van der Waals surface area contributed by atoms with Crippen LogP contribution in [-0.4, -0.2) is 11.7 Å². The van der Waals surface area contributed by atoms with Crippen molar-refractivity contribution < 1.29 is 5.11 Å². The Morgan fingerprint density at radius 1 is 0.842 bits per heavy atom. The molecule has 1 atom stereocenters. The van der Waals surface area contributed by atoms with E-state index in [0.29, 0.717) is 0 Å². The SMILES string of the molecule is Cc1ccc(C(CO)Cc2cc(C)cc(C)c2)cc1. The first-order chi connectivity index (χ1) is 9.08. The first-order valence-electron chi connectivity index (χ1n) is 6.83. The maximum atomic E-state index is 9.65. The van der Waals surface area contributed by atoms with Crippen LogP contribution in [0.1, 0.15) is 33.7 Å². The summed E-state index contributed by atoms with van der Waals surface area (Å²) in [6.45, 7) is 6.52. The van der Waals surface area contributed by atoms with Gasteiger partial charge in [-0.1, -0.05) is 59.2 Å². The van der Waals surface area contributed by atoms with E-state index in [9.17, 15) is 5.11 Å². The highest BCUT2D eigenvalue weighted by Gasteiger charge is 2.11. The molecule has 0 saturated heterocycles. The van der Waals surface area contributed by atoms with Gasteiger partial charge in [-0.3, -0.25) is 0 Å². The second-order valence-electron chi connectivity index (χ2n) is 5.49. The molecule has 1 unspecified atom stereocenters. The maximum Gasteiger partial charge on any atom is 0.0502 e. The molecule has 1 heteroatoms. The normalized spacial score (nSPS) is 12.4. The number of hydrogen-bond acceptors (Lipinski definition) is 1. The molecule has 0 fully saturated rings. The van der Waals surface area contributed by atoms with Gasteiger partial charge in [0.15, 0.2) is 0 Å². The Bertz CT molecular complexity index is 520. The molecule has 2 rings (SSSR count). The van der Waals surface area contributed by atoms with Crippen LogP contribution in [-0.2, 0) is 6.42 Å². The van der Waals surface area contributed by atoms with Gasteiger partial charge in [-0.25, -0.2) is 0 Å². The van der Waals surface area contributed by atoms with Crippen molar-refractivity contribution in [3.63, 3.8) is 0 Å². The fraction of sp³-hybridized carbons (Fsp3) is 0.333. The van der Waals surface area contributed by atoms with Crippen molar-refractivity contribution in [3.05, 3.63) is 70.3 Å². The quantitative estimate of drug-likeness (QED) is 0.876. The summed E-state index contributed by atoms with van der Waals surface area (Å²) < 4.78 is 0. The third kappa shape index (κ3) is 3.68. The zero-order chi connectivity index (χ0) is 13.8. The summed E-state index contributed by atoms with van der Waals surface area (Å²) in [5.41, 5.74) is 6.35. The highest BCUT2D eigenvalue weighted by atomic mass is 16.3. The fourth-order valence-electron chi connectivity index (χ4n) is 2.60. The minimum atomic E-state index is 0.182. The van der Waals surface area contributed by atoms with Crippen molar-refractivity contribution >= 4 is 0 Å².